The Morgan fingerprint density at radius 3 is 2.37 bits per heavy atom. The van der Waals surface area contributed by atoms with E-state index in [0.29, 0.717) is 0 Å². The van der Waals surface area contributed by atoms with Gasteiger partial charge in [0.25, 0.3) is 0 Å². The van der Waals surface area contributed by atoms with Crippen LogP contribution < -0.4 is 27.0 Å². The van der Waals surface area contributed by atoms with Crippen LogP contribution in [0.3, 0.4) is 0 Å². The predicted molar refractivity (Wildman–Crippen MR) is 123 cm³/mol. The van der Waals surface area contributed by atoms with Crippen LogP contribution in [0.15, 0.2) is 93.9 Å². The smallest absolute Gasteiger partial charge is 0.364 e. The topological polar surface area (TPSA) is 72.7 Å². The van der Waals surface area contributed by atoms with Gasteiger partial charge in [-0.3, -0.25) is 4.98 Å². The highest BCUT2D eigenvalue weighted by Crippen LogP contribution is 2.26. The number of aromatic nitrogens is 2. The lowest BCUT2D eigenvalue weighted by molar-refractivity contribution is -0.564. The zero-order valence-electron chi connectivity index (χ0n) is 16.1. The molecule has 30 heavy (non-hydrogen) atoms. The molecule has 4 rings (SSSR count). The minimum Gasteiger partial charge on any atom is -1.00 e. The van der Waals surface area contributed by atoms with Crippen molar-refractivity contribution in [1.82, 2.24) is 4.98 Å². The summed E-state index contributed by atoms with van der Waals surface area (Å²) in [6.07, 6.45) is 1.77. The number of nitrogens with zero attached hydrogens (tertiary/aromatic N) is 3. The Bertz CT molecular complexity index is 1100. The van der Waals surface area contributed by atoms with E-state index in [-0.39, 0.29) is 22.5 Å². The molecule has 0 bridgehead atoms. The van der Waals surface area contributed by atoms with Crippen LogP contribution in [0.5, 0.6) is 0 Å². The van der Waals surface area contributed by atoms with Crippen LogP contribution in [0, 0.1) is 0 Å². The molecule has 3 N–H and O–H groups in total. The van der Waals surface area contributed by atoms with Crippen molar-refractivity contribution in [3.8, 4) is 16.9 Å². The fourth-order valence-corrected chi connectivity index (χ4v) is 3.96. The molecule has 5 nitrogen and oxygen atoms in total. The molecule has 2 heterocycles. The Morgan fingerprint density at radius 1 is 1.00 bits per heavy atom. The van der Waals surface area contributed by atoms with Crippen molar-refractivity contribution >= 4 is 38.1 Å². The molecule has 2 aromatic carbocycles. The van der Waals surface area contributed by atoms with Gasteiger partial charge in [0.1, 0.15) is 11.4 Å². The van der Waals surface area contributed by atoms with Gasteiger partial charge in [0, 0.05) is 21.6 Å². The fraction of sp³-hybridized carbons (Fsp3) is 0.0455. The molecule has 2 aromatic heterocycles. The third kappa shape index (κ3) is 5.40. The van der Waals surface area contributed by atoms with Crippen LogP contribution in [0.1, 0.15) is 12.6 Å². The number of rotatable bonds is 5. The van der Waals surface area contributed by atoms with E-state index >= 15 is 0 Å². The Balaban J connectivity index is 0.00000160. The average molecular weight is 548 g/mol. The van der Waals surface area contributed by atoms with Gasteiger partial charge in [-0.15, -0.1) is 5.43 Å². The fourth-order valence-electron chi connectivity index (χ4n) is 2.82. The highest BCUT2D eigenvalue weighted by Gasteiger charge is 2.21. The van der Waals surface area contributed by atoms with Gasteiger partial charge in [0.15, 0.2) is 5.69 Å². The number of thiazole rings is 1. The molecule has 0 saturated carbocycles. The second-order valence-electron chi connectivity index (χ2n) is 6.13. The number of para-hydroxylation sites is 1. The molecule has 0 atom stereocenters. The monoisotopic (exact) mass is 546 g/mol. The van der Waals surface area contributed by atoms with Gasteiger partial charge < -0.3 is 22.5 Å². The van der Waals surface area contributed by atoms with Gasteiger partial charge in [-0.2, -0.15) is 4.57 Å². The maximum Gasteiger partial charge on any atom is 0.364 e. The maximum atomic E-state index is 4.56. The minimum absolute atomic E-state index is 0. The van der Waals surface area contributed by atoms with E-state index in [1.165, 1.54) is 0 Å². The second-order valence-corrected chi connectivity index (χ2v) is 7.90. The molecule has 0 spiro atoms. The van der Waals surface area contributed by atoms with Crippen molar-refractivity contribution in [2.24, 2.45) is 5.10 Å². The summed E-state index contributed by atoms with van der Waals surface area (Å²) in [7, 11) is 0. The summed E-state index contributed by atoms with van der Waals surface area (Å²) in [5.41, 5.74) is 8.24. The summed E-state index contributed by atoms with van der Waals surface area (Å²) >= 11 is 5.13. The van der Waals surface area contributed by atoms with E-state index in [0.717, 1.165) is 38.0 Å². The van der Waals surface area contributed by atoms with Crippen LogP contribution in [-0.2, 0) is 0 Å². The number of anilines is 1. The van der Waals surface area contributed by atoms with E-state index in [1.54, 1.807) is 17.5 Å². The number of pyridine rings is 1. The molecule has 0 aliphatic rings. The Morgan fingerprint density at radius 2 is 1.70 bits per heavy atom. The Hall–Kier alpha value is -2.39. The SMILES string of the molecule is C/C(=N\Nc1scc(-c2ccc(Br)cc2)[n+]1-c1ccccc1)c1ccccn1.O.[Br-]. The van der Waals surface area contributed by atoms with Gasteiger partial charge in [0.05, 0.1) is 5.69 Å². The maximum absolute atomic E-state index is 4.56. The molecule has 0 aliphatic carbocycles. The zero-order valence-corrected chi connectivity index (χ0v) is 20.1. The van der Waals surface area contributed by atoms with Crippen LogP contribution in [0.4, 0.5) is 5.13 Å². The van der Waals surface area contributed by atoms with Gasteiger partial charge >= 0.3 is 5.13 Å². The second kappa shape index (κ2) is 11.1. The Kier molecular flexibility index (Phi) is 8.86. The van der Waals surface area contributed by atoms with Crippen molar-refractivity contribution in [3.05, 3.63) is 94.5 Å². The molecule has 0 amide bonds. The highest BCUT2D eigenvalue weighted by molar-refractivity contribution is 9.10. The third-order valence-corrected chi connectivity index (χ3v) is 5.60. The molecule has 4 aromatic rings. The van der Waals surface area contributed by atoms with Crippen LogP contribution >= 0.6 is 27.3 Å². The summed E-state index contributed by atoms with van der Waals surface area (Å²) in [6, 6.07) is 24.4. The van der Waals surface area contributed by atoms with E-state index in [2.05, 4.69) is 77.8 Å². The van der Waals surface area contributed by atoms with E-state index in [9.17, 15) is 0 Å². The lowest BCUT2D eigenvalue weighted by Gasteiger charge is -2.05. The summed E-state index contributed by atoms with van der Waals surface area (Å²) < 4.78 is 3.25. The third-order valence-electron chi connectivity index (χ3n) is 4.24. The van der Waals surface area contributed by atoms with Crippen molar-refractivity contribution in [2.45, 2.75) is 6.92 Å². The van der Waals surface area contributed by atoms with Gasteiger partial charge in [0.2, 0.25) is 0 Å². The van der Waals surface area contributed by atoms with E-state index < -0.39 is 0 Å². The molecular formula is C22H20Br2N4OS. The molecule has 0 saturated heterocycles. The van der Waals surface area contributed by atoms with Crippen LogP contribution in [0.2, 0.25) is 0 Å². The Labute approximate surface area is 198 Å². The molecule has 0 aliphatic heterocycles. The first-order valence-electron chi connectivity index (χ1n) is 8.79. The van der Waals surface area contributed by atoms with E-state index in [4.69, 9.17) is 0 Å². The van der Waals surface area contributed by atoms with E-state index in [1.807, 2.05) is 43.3 Å². The summed E-state index contributed by atoms with van der Waals surface area (Å²) in [5, 5.41) is 7.63. The number of hydrogen-bond donors (Lipinski definition) is 1. The molecule has 0 radical (unpaired) electrons. The van der Waals surface area contributed by atoms with Crippen LogP contribution in [-0.4, -0.2) is 16.2 Å². The first kappa shape index (κ1) is 23.9. The summed E-state index contributed by atoms with van der Waals surface area (Å²) in [4.78, 5) is 4.35. The summed E-state index contributed by atoms with van der Waals surface area (Å²) in [6.45, 7) is 1.95. The lowest BCUT2D eigenvalue weighted by Crippen LogP contribution is -3.00. The van der Waals surface area contributed by atoms with Crippen LogP contribution in [0.25, 0.3) is 16.9 Å². The highest BCUT2D eigenvalue weighted by atomic mass is 79.9. The number of halogens is 2. The largest absolute Gasteiger partial charge is 1.00 e. The molecular weight excluding hydrogens is 528 g/mol. The first-order valence-corrected chi connectivity index (χ1v) is 10.5. The molecule has 0 fully saturated rings. The quantitative estimate of drug-likeness (QED) is 0.235. The first-order chi connectivity index (χ1) is 13.7. The van der Waals surface area contributed by atoms with Gasteiger partial charge in [-0.1, -0.05) is 56.6 Å². The predicted octanol–water partition coefficient (Wildman–Crippen LogP) is 1.86. The number of nitrogens with one attached hydrogen (secondary N) is 1. The molecule has 8 heteroatoms. The molecule has 154 valence electrons. The number of hydrazone groups is 1. The minimum atomic E-state index is 0. The van der Waals surface area contributed by atoms with Gasteiger partial charge in [-0.05, 0) is 55.5 Å². The lowest BCUT2D eigenvalue weighted by atomic mass is 10.1. The summed E-state index contributed by atoms with van der Waals surface area (Å²) in [5.74, 6) is 0. The van der Waals surface area contributed by atoms with Crippen molar-refractivity contribution < 1.29 is 27.0 Å². The van der Waals surface area contributed by atoms with Crippen molar-refractivity contribution in [3.63, 3.8) is 0 Å². The van der Waals surface area contributed by atoms with Crippen molar-refractivity contribution in [1.29, 1.82) is 0 Å². The number of benzene rings is 2. The molecule has 0 unspecified atom stereocenters. The zero-order chi connectivity index (χ0) is 19.3. The van der Waals surface area contributed by atoms with Gasteiger partial charge in [-0.25, -0.2) is 0 Å². The average Bonchev–Trinajstić information content (AvgIpc) is 3.17. The standard InChI is InChI=1S/C22H17BrN4S.BrH.H2O/c1-16(20-9-5-6-14-24-20)25-26-22-27(19-7-3-2-4-8-19)21(15-28-22)17-10-12-18(23)13-11-17;;/h2-15H,1H3;1H;1H2/b25-16+;;. The number of hydrogen-bond acceptors (Lipinski definition) is 4. The van der Waals surface area contributed by atoms with Crippen molar-refractivity contribution in [2.75, 3.05) is 5.43 Å². The normalized spacial score (nSPS) is 10.7.